The van der Waals surface area contributed by atoms with Crippen molar-refractivity contribution >= 4 is 32.5 Å². The molecule has 3 heterocycles. The molecule has 1 amide bonds. The van der Waals surface area contributed by atoms with E-state index in [4.69, 9.17) is 4.74 Å². The van der Waals surface area contributed by atoms with Crippen molar-refractivity contribution in [2.24, 2.45) is 7.05 Å². The first-order valence-electron chi connectivity index (χ1n) is 9.32. The van der Waals surface area contributed by atoms with Crippen LogP contribution in [0.4, 0.5) is 5.82 Å². The summed E-state index contributed by atoms with van der Waals surface area (Å²) in [7, 11) is -1.65. The lowest BCUT2D eigenvalue weighted by Gasteiger charge is -2.26. The van der Waals surface area contributed by atoms with Crippen LogP contribution in [0.15, 0.2) is 35.6 Å². The number of carbonyl (C=O) groups excluding carboxylic acids is 1. The number of aromatic nitrogens is 3. The Morgan fingerprint density at radius 2 is 2.03 bits per heavy atom. The predicted octanol–water partition coefficient (Wildman–Crippen LogP) is 2.93. The van der Waals surface area contributed by atoms with Crippen molar-refractivity contribution in [1.82, 2.24) is 14.5 Å². The van der Waals surface area contributed by atoms with E-state index in [9.17, 15) is 13.2 Å². The van der Waals surface area contributed by atoms with Crippen LogP contribution in [0, 0.1) is 0 Å². The van der Waals surface area contributed by atoms with Gasteiger partial charge in [-0.1, -0.05) is 0 Å². The molecule has 8 nitrogen and oxygen atoms in total. The average Bonchev–Trinajstić information content (AvgIpc) is 2.93. The molecule has 1 aliphatic rings. The Kier molecular flexibility index (Phi) is 4.77. The van der Waals surface area contributed by atoms with Crippen LogP contribution in [-0.4, -0.2) is 41.2 Å². The van der Waals surface area contributed by atoms with Crippen LogP contribution in [0.1, 0.15) is 26.2 Å². The summed E-state index contributed by atoms with van der Waals surface area (Å²) >= 11 is 0. The number of hydrogen-bond donors (Lipinski definition) is 1. The number of fused-ring (bicyclic) bond motifs is 1. The molecule has 29 heavy (non-hydrogen) atoms. The smallest absolute Gasteiger partial charge is 0.222 e. The van der Waals surface area contributed by atoms with Gasteiger partial charge in [-0.05, 0) is 25.3 Å². The first-order chi connectivity index (χ1) is 13.7. The van der Waals surface area contributed by atoms with Gasteiger partial charge in [-0.15, -0.1) is 0 Å². The molecule has 3 aromatic rings. The quantitative estimate of drug-likeness (QED) is 0.689. The average molecular weight is 414 g/mol. The zero-order valence-corrected chi connectivity index (χ0v) is 17.3. The minimum Gasteiger partial charge on any atom is -0.490 e. The first kappa shape index (κ1) is 19.4. The molecule has 4 rings (SSSR count). The van der Waals surface area contributed by atoms with Crippen LogP contribution >= 0.6 is 0 Å². The molecule has 3 aromatic heterocycles. The standard InChI is InChI=1S/C20H22N4O4S/c1-12(25)22-19-9-15-16(11-24(2)18(15)10-21-19)17-7-14(28-13-5-4-6-13)8-20(23-17)29(3,26)27/h7-11,13H,4-6H2,1-3H3,(H,21,22,25). The summed E-state index contributed by atoms with van der Waals surface area (Å²) < 4.78 is 32.3. The molecule has 9 heteroatoms. The number of nitrogens with one attached hydrogen (secondary N) is 1. The SMILES string of the molecule is CC(=O)Nc1cc2c(-c3cc(OC4CCC4)cc(S(C)(=O)=O)n3)cn(C)c2cn1. The topological polar surface area (TPSA) is 103 Å². The molecule has 0 spiro atoms. The summed E-state index contributed by atoms with van der Waals surface area (Å²) in [5.41, 5.74) is 2.07. The number of anilines is 1. The van der Waals surface area contributed by atoms with Crippen molar-refractivity contribution in [3.05, 3.63) is 30.6 Å². The van der Waals surface area contributed by atoms with E-state index in [-0.39, 0.29) is 17.0 Å². The maximum atomic E-state index is 12.2. The Hall–Kier alpha value is -2.94. The molecule has 0 bridgehead atoms. The van der Waals surface area contributed by atoms with Crippen molar-refractivity contribution in [1.29, 1.82) is 0 Å². The van der Waals surface area contributed by atoms with Crippen molar-refractivity contribution in [3.8, 4) is 17.0 Å². The zero-order chi connectivity index (χ0) is 20.8. The number of sulfone groups is 1. The fourth-order valence-corrected chi connectivity index (χ4v) is 3.88. The summed E-state index contributed by atoms with van der Waals surface area (Å²) in [6, 6.07) is 5.00. The highest BCUT2D eigenvalue weighted by Gasteiger charge is 2.22. The van der Waals surface area contributed by atoms with Gasteiger partial charge in [-0.25, -0.2) is 18.4 Å². The highest BCUT2D eigenvalue weighted by atomic mass is 32.2. The van der Waals surface area contributed by atoms with Crippen molar-refractivity contribution in [3.63, 3.8) is 0 Å². The molecule has 1 aliphatic carbocycles. The zero-order valence-electron chi connectivity index (χ0n) is 16.5. The van der Waals surface area contributed by atoms with E-state index >= 15 is 0 Å². The Balaban J connectivity index is 1.87. The van der Waals surface area contributed by atoms with Gasteiger partial charge in [0.2, 0.25) is 5.91 Å². The van der Waals surface area contributed by atoms with Gasteiger partial charge in [0, 0.05) is 49.5 Å². The van der Waals surface area contributed by atoms with Crippen molar-refractivity contribution in [2.45, 2.75) is 37.3 Å². The van der Waals surface area contributed by atoms with Gasteiger partial charge in [-0.3, -0.25) is 4.79 Å². The van der Waals surface area contributed by atoms with Crippen molar-refractivity contribution in [2.75, 3.05) is 11.6 Å². The van der Waals surface area contributed by atoms with E-state index in [0.717, 1.165) is 42.0 Å². The summed E-state index contributed by atoms with van der Waals surface area (Å²) in [4.78, 5) is 20.0. The van der Waals surface area contributed by atoms with Crippen LogP contribution in [0.5, 0.6) is 5.75 Å². The third-order valence-corrected chi connectivity index (χ3v) is 5.94. The molecular formula is C20H22N4O4S. The van der Waals surface area contributed by atoms with Crippen LogP contribution in [0.25, 0.3) is 22.2 Å². The number of amides is 1. The second kappa shape index (κ2) is 7.14. The van der Waals surface area contributed by atoms with Gasteiger partial charge in [-0.2, -0.15) is 0 Å². The number of nitrogens with zero attached hydrogens (tertiary/aromatic N) is 3. The van der Waals surface area contributed by atoms with E-state index < -0.39 is 9.84 Å². The molecule has 152 valence electrons. The first-order valence-corrected chi connectivity index (χ1v) is 11.2. The lowest BCUT2D eigenvalue weighted by molar-refractivity contribution is -0.114. The fraction of sp³-hybridized carbons (Fsp3) is 0.350. The van der Waals surface area contributed by atoms with E-state index in [1.807, 2.05) is 17.8 Å². The maximum absolute atomic E-state index is 12.2. The van der Waals surface area contributed by atoms with Crippen LogP contribution in [0.3, 0.4) is 0 Å². The van der Waals surface area contributed by atoms with Crippen molar-refractivity contribution < 1.29 is 17.9 Å². The highest BCUT2D eigenvalue weighted by molar-refractivity contribution is 7.90. The van der Waals surface area contributed by atoms with Gasteiger partial charge in [0.25, 0.3) is 0 Å². The Bertz CT molecular complexity index is 1210. The lowest BCUT2D eigenvalue weighted by Crippen LogP contribution is -2.24. The Morgan fingerprint density at radius 1 is 1.28 bits per heavy atom. The maximum Gasteiger partial charge on any atom is 0.222 e. The monoisotopic (exact) mass is 414 g/mol. The predicted molar refractivity (Wildman–Crippen MR) is 110 cm³/mol. The second-order valence-electron chi connectivity index (χ2n) is 7.39. The number of aryl methyl sites for hydroxylation is 1. The molecule has 0 unspecified atom stereocenters. The molecule has 1 saturated carbocycles. The number of ether oxygens (including phenoxy) is 1. The number of pyridine rings is 2. The summed E-state index contributed by atoms with van der Waals surface area (Å²) in [6.07, 6.45) is 7.82. The molecule has 0 saturated heterocycles. The minimum atomic E-state index is -3.52. The van der Waals surface area contributed by atoms with Gasteiger partial charge < -0.3 is 14.6 Å². The normalized spacial score (nSPS) is 14.6. The largest absolute Gasteiger partial charge is 0.490 e. The van der Waals surface area contributed by atoms with Gasteiger partial charge in [0.05, 0.1) is 23.5 Å². The van der Waals surface area contributed by atoms with E-state index in [0.29, 0.717) is 17.3 Å². The van der Waals surface area contributed by atoms with Crippen LogP contribution < -0.4 is 10.1 Å². The summed E-state index contributed by atoms with van der Waals surface area (Å²) in [5.74, 6) is 0.693. The van der Waals surface area contributed by atoms with Gasteiger partial charge >= 0.3 is 0 Å². The number of carbonyl (C=O) groups is 1. The third kappa shape index (κ3) is 3.95. The van der Waals surface area contributed by atoms with Crippen LogP contribution in [-0.2, 0) is 21.7 Å². The Labute approximate surface area is 168 Å². The van der Waals surface area contributed by atoms with E-state index in [1.54, 1.807) is 18.3 Å². The van der Waals surface area contributed by atoms with Gasteiger partial charge in [0.1, 0.15) is 11.6 Å². The molecule has 1 N–H and O–H groups in total. The summed E-state index contributed by atoms with van der Waals surface area (Å²) in [6.45, 7) is 1.42. The fourth-order valence-electron chi connectivity index (χ4n) is 3.29. The van der Waals surface area contributed by atoms with Gasteiger partial charge in [0.15, 0.2) is 14.9 Å². The molecule has 0 atom stereocenters. The highest BCUT2D eigenvalue weighted by Crippen LogP contribution is 2.34. The second-order valence-corrected chi connectivity index (χ2v) is 9.35. The Morgan fingerprint density at radius 3 is 2.66 bits per heavy atom. The molecule has 0 aliphatic heterocycles. The summed E-state index contributed by atoms with van der Waals surface area (Å²) in [5, 5.41) is 3.45. The van der Waals surface area contributed by atoms with E-state index in [1.165, 1.54) is 13.0 Å². The van der Waals surface area contributed by atoms with Crippen LogP contribution in [0.2, 0.25) is 0 Å². The minimum absolute atomic E-state index is 0.0301. The molecular weight excluding hydrogens is 392 g/mol. The van der Waals surface area contributed by atoms with E-state index in [2.05, 4.69) is 15.3 Å². The number of rotatable bonds is 5. The molecule has 0 radical (unpaired) electrons. The molecule has 1 fully saturated rings. The number of hydrogen-bond acceptors (Lipinski definition) is 6. The molecule has 0 aromatic carbocycles. The lowest BCUT2D eigenvalue weighted by atomic mass is 9.96. The third-order valence-electron chi connectivity index (χ3n) is 4.97.